The van der Waals surface area contributed by atoms with E-state index in [2.05, 4.69) is 17.2 Å². The Kier molecular flexibility index (Phi) is 4.08. The molecule has 26 heavy (non-hydrogen) atoms. The number of hydrogen-bond donors (Lipinski definition) is 0. The normalized spacial score (nSPS) is 19.2. The van der Waals surface area contributed by atoms with Crippen molar-refractivity contribution in [3.05, 3.63) is 53.1 Å². The lowest BCUT2D eigenvalue weighted by Crippen LogP contribution is -2.13. The van der Waals surface area contributed by atoms with Crippen molar-refractivity contribution >= 4 is 15.4 Å². The van der Waals surface area contributed by atoms with Gasteiger partial charge in [0.15, 0.2) is 15.6 Å². The molecule has 0 N–H and O–H groups in total. The maximum absolute atomic E-state index is 11.8. The van der Waals surface area contributed by atoms with Gasteiger partial charge in [-0.15, -0.1) is 0 Å². The van der Waals surface area contributed by atoms with E-state index < -0.39 is 9.84 Å². The largest absolute Gasteiger partial charge is 0.457 e. The molecule has 0 atom stereocenters. The summed E-state index contributed by atoms with van der Waals surface area (Å²) in [4.78, 5) is 0. The Hall–Kier alpha value is -2.59. The van der Waals surface area contributed by atoms with Gasteiger partial charge < -0.3 is 4.74 Å². The number of allylic oxidation sites excluding steroid dienone is 7. The molecule has 0 unspecified atom stereocenters. The van der Waals surface area contributed by atoms with E-state index in [1.807, 2.05) is 6.08 Å². The van der Waals surface area contributed by atoms with Crippen LogP contribution in [0.5, 0.6) is 5.75 Å². The van der Waals surface area contributed by atoms with Gasteiger partial charge in [-0.1, -0.05) is 12.2 Å². The third-order valence-electron chi connectivity index (χ3n) is 4.41. The number of sulfone groups is 1. The number of nitrogens with zero attached hydrogens (tertiary/aromatic N) is 3. The van der Waals surface area contributed by atoms with Crippen LogP contribution in [0.25, 0.3) is 5.57 Å². The molecule has 3 aliphatic carbocycles. The van der Waals surface area contributed by atoms with E-state index in [0.29, 0.717) is 23.7 Å². The van der Waals surface area contributed by atoms with E-state index in [1.165, 1.54) is 6.26 Å². The second-order valence-electron chi connectivity index (χ2n) is 6.90. The first kappa shape index (κ1) is 16.9. The number of hydrogen-bond acceptors (Lipinski definition) is 5. The molecule has 3 aliphatic rings. The van der Waals surface area contributed by atoms with E-state index >= 15 is 0 Å². The second kappa shape index (κ2) is 6.29. The summed E-state index contributed by atoms with van der Waals surface area (Å²) in [5, 5.41) is 13.6. The van der Waals surface area contributed by atoms with Gasteiger partial charge in [-0.25, -0.2) is 13.1 Å². The summed E-state index contributed by atoms with van der Waals surface area (Å²) < 4.78 is 31.5. The quantitative estimate of drug-likeness (QED) is 0.768. The molecule has 1 aromatic heterocycles. The zero-order valence-electron chi connectivity index (χ0n) is 14.5. The summed E-state index contributed by atoms with van der Waals surface area (Å²) in [7, 11) is -3.21. The number of rotatable bonds is 6. The van der Waals surface area contributed by atoms with E-state index in [9.17, 15) is 8.42 Å². The average Bonchev–Trinajstić information content (AvgIpc) is 3.46. The highest BCUT2D eigenvalue weighted by molar-refractivity contribution is 7.89. The second-order valence-corrected chi connectivity index (χ2v) is 9.01. The minimum atomic E-state index is -3.21. The van der Waals surface area contributed by atoms with Crippen molar-refractivity contribution in [3.8, 4) is 11.8 Å². The van der Waals surface area contributed by atoms with Crippen molar-refractivity contribution in [2.24, 2.45) is 0 Å². The van der Waals surface area contributed by atoms with Gasteiger partial charge in [-0.3, -0.25) is 0 Å². The predicted molar refractivity (Wildman–Crippen MR) is 97.8 cm³/mol. The van der Waals surface area contributed by atoms with Crippen molar-refractivity contribution in [3.63, 3.8) is 0 Å². The Labute approximate surface area is 152 Å². The van der Waals surface area contributed by atoms with Crippen LogP contribution in [0.2, 0.25) is 0 Å². The van der Waals surface area contributed by atoms with Crippen LogP contribution in [-0.2, 0) is 15.7 Å². The first-order valence-corrected chi connectivity index (χ1v) is 10.6. The molecule has 1 heterocycles. The highest BCUT2D eigenvalue weighted by Gasteiger charge is 2.36. The molecule has 0 bridgehead atoms. The van der Waals surface area contributed by atoms with Crippen molar-refractivity contribution in [2.45, 2.75) is 37.5 Å². The smallest absolute Gasteiger partial charge is 0.175 e. The molecule has 0 aromatic carbocycles. The number of ether oxygens (including phenoxy) is 1. The van der Waals surface area contributed by atoms with Crippen LogP contribution in [-0.4, -0.2) is 24.5 Å². The van der Waals surface area contributed by atoms with E-state index in [0.717, 1.165) is 42.0 Å². The number of nitriles is 1. The molecule has 1 aromatic rings. The Morgan fingerprint density at radius 1 is 1.35 bits per heavy atom. The third kappa shape index (κ3) is 3.65. The molecular weight excluding hydrogens is 350 g/mol. The summed E-state index contributed by atoms with van der Waals surface area (Å²) >= 11 is 0. The van der Waals surface area contributed by atoms with E-state index in [-0.39, 0.29) is 5.88 Å². The van der Waals surface area contributed by atoms with Gasteiger partial charge in [0, 0.05) is 18.6 Å². The SMILES string of the molecule is CS(=O)(=O)Cn1nc(C2=CC2)c(OC2=CC=C(C#N)C=CC2)c1C1CC1. The maximum Gasteiger partial charge on any atom is 0.175 e. The van der Waals surface area contributed by atoms with E-state index in [4.69, 9.17) is 10.00 Å². The van der Waals surface area contributed by atoms with Crippen LogP contribution >= 0.6 is 0 Å². The standard InChI is InChI=1S/C19H19N3O3S/c1-26(23,24)12-22-18(15-8-9-15)19(17(21-22)14-6-7-14)25-16-4-2-3-13(11-20)5-10-16/h2-3,5-6,10,15H,4,7-9,12H2,1H3. The molecule has 6 nitrogen and oxygen atoms in total. The molecular formula is C19H19N3O3S. The summed E-state index contributed by atoms with van der Waals surface area (Å²) in [6.07, 6.45) is 13.9. The summed E-state index contributed by atoms with van der Waals surface area (Å²) in [6, 6.07) is 2.12. The lowest BCUT2D eigenvalue weighted by molar-refractivity contribution is 0.409. The van der Waals surface area contributed by atoms with Crippen LogP contribution in [0.3, 0.4) is 0 Å². The predicted octanol–water partition coefficient (Wildman–Crippen LogP) is 3.22. The molecule has 1 saturated carbocycles. The fourth-order valence-corrected chi connectivity index (χ4v) is 3.62. The van der Waals surface area contributed by atoms with Gasteiger partial charge in [-0.05, 0) is 43.1 Å². The lowest BCUT2D eigenvalue weighted by Gasteiger charge is -2.11. The molecule has 1 fully saturated rings. The minimum absolute atomic E-state index is 0.139. The zero-order chi connectivity index (χ0) is 18.3. The highest BCUT2D eigenvalue weighted by Crippen LogP contribution is 2.49. The first-order valence-electron chi connectivity index (χ1n) is 8.58. The van der Waals surface area contributed by atoms with Gasteiger partial charge in [-0.2, -0.15) is 10.4 Å². The first-order chi connectivity index (χ1) is 12.4. The summed E-state index contributed by atoms with van der Waals surface area (Å²) in [5.41, 5.74) is 3.28. The molecule has 4 rings (SSSR count). The van der Waals surface area contributed by atoms with Gasteiger partial charge >= 0.3 is 0 Å². The summed E-state index contributed by atoms with van der Waals surface area (Å²) in [6.45, 7) is 0. The van der Waals surface area contributed by atoms with Crippen LogP contribution in [0.4, 0.5) is 0 Å². The van der Waals surface area contributed by atoms with Gasteiger partial charge in [0.1, 0.15) is 17.3 Å². The monoisotopic (exact) mass is 369 g/mol. The average molecular weight is 369 g/mol. The van der Waals surface area contributed by atoms with Crippen molar-refractivity contribution in [1.29, 1.82) is 5.26 Å². The Morgan fingerprint density at radius 3 is 2.73 bits per heavy atom. The molecule has 0 radical (unpaired) electrons. The maximum atomic E-state index is 11.8. The molecule has 0 saturated heterocycles. The minimum Gasteiger partial charge on any atom is -0.457 e. The fraction of sp³-hybridized carbons (Fsp3) is 0.368. The number of aromatic nitrogens is 2. The molecule has 7 heteroatoms. The Bertz CT molecular complexity index is 1030. The Morgan fingerprint density at radius 2 is 2.12 bits per heavy atom. The fourth-order valence-electron chi connectivity index (χ4n) is 2.98. The van der Waals surface area contributed by atoms with Crippen molar-refractivity contribution in [1.82, 2.24) is 9.78 Å². The lowest BCUT2D eigenvalue weighted by atomic mass is 10.2. The van der Waals surface area contributed by atoms with Crippen LogP contribution < -0.4 is 4.74 Å². The summed E-state index contributed by atoms with van der Waals surface area (Å²) in [5.74, 6) is 1.54. The topological polar surface area (TPSA) is 85.0 Å². The Balaban J connectivity index is 1.74. The third-order valence-corrected chi connectivity index (χ3v) is 5.12. The van der Waals surface area contributed by atoms with Gasteiger partial charge in [0.25, 0.3) is 0 Å². The zero-order valence-corrected chi connectivity index (χ0v) is 15.3. The van der Waals surface area contributed by atoms with Gasteiger partial charge in [0.2, 0.25) is 0 Å². The van der Waals surface area contributed by atoms with Crippen LogP contribution in [0.15, 0.2) is 41.7 Å². The van der Waals surface area contributed by atoms with Gasteiger partial charge in [0.05, 0.1) is 17.3 Å². The molecule has 0 spiro atoms. The van der Waals surface area contributed by atoms with Crippen LogP contribution in [0.1, 0.15) is 43.0 Å². The van der Waals surface area contributed by atoms with Crippen molar-refractivity contribution in [2.75, 3.05) is 6.26 Å². The highest BCUT2D eigenvalue weighted by atomic mass is 32.2. The van der Waals surface area contributed by atoms with Crippen LogP contribution in [0, 0.1) is 11.3 Å². The molecule has 134 valence electrons. The molecule has 0 amide bonds. The van der Waals surface area contributed by atoms with Crippen molar-refractivity contribution < 1.29 is 13.2 Å². The van der Waals surface area contributed by atoms with E-state index in [1.54, 1.807) is 22.9 Å². The molecule has 0 aliphatic heterocycles.